The molecule has 0 aliphatic rings. The number of rotatable bonds is 9. The zero-order chi connectivity index (χ0) is 30.0. The maximum atomic E-state index is 13.3. The molecule has 1 heterocycles. The summed E-state index contributed by atoms with van der Waals surface area (Å²) in [6, 6.07) is 26.8. The number of carbonyl (C=O) groups is 2. The number of benzene rings is 4. The van der Waals surface area contributed by atoms with Gasteiger partial charge in [-0.05, 0) is 85.3 Å². The molecule has 214 valence electrons. The van der Waals surface area contributed by atoms with Crippen molar-refractivity contribution in [3.05, 3.63) is 124 Å². The van der Waals surface area contributed by atoms with Crippen molar-refractivity contribution in [2.24, 2.45) is 0 Å². The van der Waals surface area contributed by atoms with Gasteiger partial charge >= 0.3 is 5.97 Å². The number of ether oxygens (including phenoxy) is 1. The molecule has 5 rings (SSSR count). The number of aryl methyl sites for hydroxylation is 2. The second kappa shape index (κ2) is 12.0. The van der Waals surface area contributed by atoms with Crippen LogP contribution in [0, 0.1) is 13.8 Å². The zero-order valence-electron chi connectivity index (χ0n) is 24.7. The maximum absolute atomic E-state index is 13.3. The molecule has 1 atom stereocenters. The fourth-order valence-corrected chi connectivity index (χ4v) is 5.58. The van der Waals surface area contributed by atoms with Crippen LogP contribution >= 0.6 is 0 Å². The predicted octanol–water partition coefficient (Wildman–Crippen LogP) is 7.73. The second-order valence-corrected chi connectivity index (χ2v) is 10.7. The van der Waals surface area contributed by atoms with Crippen LogP contribution in [0.5, 0.6) is 5.75 Å². The first-order valence-corrected chi connectivity index (χ1v) is 14.2. The van der Waals surface area contributed by atoms with Gasteiger partial charge in [0.15, 0.2) is 0 Å². The number of carboxylic acids is 1. The van der Waals surface area contributed by atoms with E-state index in [0.717, 1.165) is 51.0 Å². The molecular formula is C36H36N2O4. The van der Waals surface area contributed by atoms with Gasteiger partial charge in [0, 0.05) is 34.3 Å². The quantitative estimate of drug-likeness (QED) is 0.193. The molecule has 1 amide bonds. The van der Waals surface area contributed by atoms with E-state index in [0.29, 0.717) is 17.7 Å². The molecule has 0 saturated heterocycles. The van der Waals surface area contributed by atoms with Crippen molar-refractivity contribution < 1.29 is 19.4 Å². The predicted molar refractivity (Wildman–Crippen MR) is 168 cm³/mol. The van der Waals surface area contributed by atoms with Crippen LogP contribution in [0.1, 0.15) is 68.6 Å². The van der Waals surface area contributed by atoms with Gasteiger partial charge in [0.2, 0.25) is 0 Å². The third-order valence-electron chi connectivity index (χ3n) is 8.18. The highest BCUT2D eigenvalue weighted by Crippen LogP contribution is 2.30. The summed E-state index contributed by atoms with van der Waals surface area (Å²) in [5.74, 6) is -0.291. The number of hydrogen-bond donors (Lipinski definition) is 2. The fraction of sp³-hybridized carbons (Fsp3) is 0.222. The highest BCUT2D eigenvalue weighted by Gasteiger charge is 2.18. The molecule has 1 aromatic heterocycles. The van der Waals surface area contributed by atoms with Crippen molar-refractivity contribution in [1.29, 1.82) is 0 Å². The lowest BCUT2D eigenvalue weighted by Gasteiger charge is -2.18. The first-order valence-electron chi connectivity index (χ1n) is 14.2. The van der Waals surface area contributed by atoms with E-state index >= 15 is 0 Å². The largest absolute Gasteiger partial charge is 0.496 e. The standard InChI is InChI=1S/C36H36N2O4/c1-6-25-13-17-29(34(19-25)42-5)23(3)37-35(39)28-16-18-33-32(20-28)22(2)24(4)38(33)21-26-11-14-27(15-12-26)30-9-7-8-10-31(30)36(40)41/h7-20,23H,6,21H2,1-5H3,(H,37,39)(H,40,41)/t23-/m0/s1. The average Bonchev–Trinajstić information content (AvgIpc) is 3.25. The summed E-state index contributed by atoms with van der Waals surface area (Å²) in [6.45, 7) is 8.92. The Bertz CT molecular complexity index is 1780. The molecule has 0 radical (unpaired) electrons. The normalized spacial score (nSPS) is 11.8. The van der Waals surface area contributed by atoms with E-state index in [1.807, 2.05) is 73.7 Å². The van der Waals surface area contributed by atoms with Gasteiger partial charge in [0.05, 0.1) is 18.7 Å². The van der Waals surface area contributed by atoms with Crippen LogP contribution < -0.4 is 10.1 Å². The van der Waals surface area contributed by atoms with Gasteiger partial charge < -0.3 is 19.7 Å². The SMILES string of the molecule is CCc1ccc([C@H](C)NC(=O)c2ccc3c(c2)c(C)c(C)n3Cc2ccc(-c3ccccc3C(=O)O)cc2)c(OC)c1. The van der Waals surface area contributed by atoms with E-state index in [9.17, 15) is 14.7 Å². The molecule has 6 heteroatoms. The van der Waals surface area contributed by atoms with Crippen LogP contribution in [0.15, 0.2) is 84.9 Å². The Morgan fingerprint density at radius 1 is 0.929 bits per heavy atom. The van der Waals surface area contributed by atoms with Crippen LogP contribution in [-0.2, 0) is 13.0 Å². The van der Waals surface area contributed by atoms with Crippen LogP contribution in [0.2, 0.25) is 0 Å². The topological polar surface area (TPSA) is 80.6 Å². The number of methoxy groups -OCH3 is 1. The average molecular weight is 561 g/mol. The number of aromatic nitrogens is 1. The monoisotopic (exact) mass is 560 g/mol. The Balaban J connectivity index is 1.37. The summed E-state index contributed by atoms with van der Waals surface area (Å²) in [7, 11) is 1.66. The summed E-state index contributed by atoms with van der Waals surface area (Å²) in [6.07, 6.45) is 0.919. The molecule has 0 spiro atoms. The van der Waals surface area contributed by atoms with Gasteiger partial charge in [-0.3, -0.25) is 4.79 Å². The van der Waals surface area contributed by atoms with E-state index < -0.39 is 5.97 Å². The van der Waals surface area contributed by atoms with Crippen molar-refractivity contribution in [3.8, 4) is 16.9 Å². The Kier molecular flexibility index (Phi) is 8.16. The van der Waals surface area contributed by atoms with Crippen LogP contribution in [0.4, 0.5) is 0 Å². The Hall–Kier alpha value is -4.84. The minimum atomic E-state index is -0.938. The first kappa shape index (κ1) is 28.7. The van der Waals surface area contributed by atoms with Gasteiger partial charge in [-0.1, -0.05) is 61.5 Å². The lowest BCUT2D eigenvalue weighted by molar-refractivity contribution is 0.0697. The molecule has 0 fully saturated rings. The number of amides is 1. The molecule has 0 aliphatic carbocycles. The van der Waals surface area contributed by atoms with E-state index in [1.165, 1.54) is 5.56 Å². The molecule has 0 unspecified atom stereocenters. The Morgan fingerprint density at radius 2 is 1.64 bits per heavy atom. The van der Waals surface area contributed by atoms with Crippen molar-refractivity contribution in [3.63, 3.8) is 0 Å². The number of aromatic carboxylic acids is 1. The van der Waals surface area contributed by atoms with E-state index in [-0.39, 0.29) is 17.5 Å². The fourth-order valence-electron chi connectivity index (χ4n) is 5.58. The van der Waals surface area contributed by atoms with Crippen LogP contribution in [-0.4, -0.2) is 28.7 Å². The summed E-state index contributed by atoms with van der Waals surface area (Å²) < 4.78 is 7.86. The molecule has 4 aromatic carbocycles. The molecule has 5 aromatic rings. The maximum Gasteiger partial charge on any atom is 0.336 e. The lowest BCUT2D eigenvalue weighted by Crippen LogP contribution is -2.27. The summed E-state index contributed by atoms with van der Waals surface area (Å²) in [5, 5.41) is 13.7. The van der Waals surface area contributed by atoms with Crippen molar-refractivity contribution in [1.82, 2.24) is 9.88 Å². The van der Waals surface area contributed by atoms with Gasteiger partial charge in [0.1, 0.15) is 5.75 Å². The molecule has 0 saturated carbocycles. The van der Waals surface area contributed by atoms with Crippen molar-refractivity contribution >= 4 is 22.8 Å². The molecule has 6 nitrogen and oxygen atoms in total. The van der Waals surface area contributed by atoms with Gasteiger partial charge in [-0.2, -0.15) is 0 Å². The zero-order valence-corrected chi connectivity index (χ0v) is 24.7. The number of nitrogens with one attached hydrogen (secondary N) is 1. The molecule has 2 N–H and O–H groups in total. The third-order valence-corrected chi connectivity index (χ3v) is 8.18. The van der Waals surface area contributed by atoms with Crippen molar-refractivity contribution in [2.45, 2.75) is 46.7 Å². The minimum absolute atomic E-state index is 0.131. The number of carboxylic acid groups (broad SMARTS) is 1. The lowest BCUT2D eigenvalue weighted by atomic mass is 9.99. The second-order valence-electron chi connectivity index (χ2n) is 10.7. The number of fused-ring (bicyclic) bond motifs is 1. The molecule has 0 aliphatic heterocycles. The van der Waals surface area contributed by atoms with Gasteiger partial charge in [-0.25, -0.2) is 4.79 Å². The van der Waals surface area contributed by atoms with Crippen molar-refractivity contribution in [2.75, 3.05) is 7.11 Å². The smallest absolute Gasteiger partial charge is 0.336 e. The number of nitrogens with zero attached hydrogens (tertiary/aromatic N) is 1. The number of carbonyl (C=O) groups excluding carboxylic acids is 1. The molecular weight excluding hydrogens is 524 g/mol. The summed E-state index contributed by atoms with van der Waals surface area (Å²) in [5.41, 5.74) is 9.04. The minimum Gasteiger partial charge on any atom is -0.496 e. The van der Waals surface area contributed by atoms with Gasteiger partial charge in [-0.15, -0.1) is 0 Å². The highest BCUT2D eigenvalue weighted by atomic mass is 16.5. The third kappa shape index (κ3) is 5.53. The van der Waals surface area contributed by atoms with E-state index in [4.69, 9.17) is 4.74 Å². The van der Waals surface area contributed by atoms with E-state index in [1.54, 1.807) is 19.2 Å². The summed E-state index contributed by atoms with van der Waals surface area (Å²) >= 11 is 0. The van der Waals surface area contributed by atoms with Gasteiger partial charge in [0.25, 0.3) is 5.91 Å². The summed E-state index contributed by atoms with van der Waals surface area (Å²) in [4.78, 5) is 25.0. The number of hydrogen-bond acceptors (Lipinski definition) is 3. The molecule has 0 bridgehead atoms. The Morgan fingerprint density at radius 3 is 2.33 bits per heavy atom. The van der Waals surface area contributed by atoms with Crippen LogP contribution in [0.3, 0.4) is 0 Å². The van der Waals surface area contributed by atoms with E-state index in [2.05, 4.69) is 36.7 Å². The van der Waals surface area contributed by atoms with Crippen LogP contribution in [0.25, 0.3) is 22.0 Å². The Labute approximate surface area is 246 Å². The highest BCUT2D eigenvalue weighted by molar-refractivity contribution is 5.99. The molecule has 42 heavy (non-hydrogen) atoms. The first-order chi connectivity index (χ1) is 20.2.